The second kappa shape index (κ2) is 9.75. The van der Waals surface area contributed by atoms with Crippen LogP contribution in [0.1, 0.15) is 23.6 Å². The molecule has 0 saturated carbocycles. The fraction of sp³-hybridized carbons (Fsp3) is 0.364. The van der Waals surface area contributed by atoms with Crippen LogP contribution in [0.4, 0.5) is 18.9 Å². The number of carbonyl (C=O) groups excluding carboxylic acids is 2. The second-order valence-electron chi connectivity index (χ2n) is 7.39. The number of hydrogen-bond donors (Lipinski definition) is 1. The maximum absolute atomic E-state index is 12.7. The summed E-state index contributed by atoms with van der Waals surface area (Å²) in [4.78, 5) is 27.9. The molecule has 0 unspecified atom stereocenters. The highest BCUT2D eigenvalue weighted by atomic mass is 19.4. The lowest BCUT2D eigenvalue weighted by atomic mass is 10.1. The van der Waals surface area contributed by atoms with Gasteiger partial charge in [0.15, 0.2) is 0 Å². The summed E-state index contributed by atoms with van der Waals surface area (Å²) < 4.78 is 38.0. The highest BCUT2D eigenvalue weighted by Crippen LogP contribution is 2.29. The summed E-state index contributed by atoms with van der Waals surface area (Å²) in [5, 5.41) is 2.74. The largest absolute Gasteiger partial charge is 0.416 e. The molecule has 30 heavy (non-hydrogen) atoms. The van der Waals surface area contributed by atoms with Gasteiger partial charge in [0.25, 0.3) is 0 Å². The second-order valence-corrected chi connectivity index (χ2v) is 7.39. The number of benzene rings is 2. The summed E-state index contributed by atoms with van der Waals surface area (Å²) in [5.41, 5.74) is 1.67. The van der Waals surface area contributed by atoms with E-state index in [1.807, 2.05) is 19.1 Å². The van der Waals surface area contributed by atoms with Crippen LogP contribution in [0.25, 0.3) is 0 Å². The molecule has 1 N–H and O–H groups in total. The van der Waals surface area contributed by atoms with E-state index in [1.54, 1.807) is 38.1 Å². The third kappa shape index (κ3) is 6.59. The summed E-state index contributed by atoms with van der Waals surface area (Å²) in [6, 6.07) is 11.6. The standard InChI is InChI=1S/C22H26F3N3O2/c1-15-5-11-19(12-6-15)26-20(29)14-28(4)21(30)16(2)27(3)13-17-7-9-18(10-8-17)22(23,24)25/h5-12,16H,13-14H2,1-4H3,(H,26,29)/t16-/m1/s1. The van der Waals surface area contributed by atoms with E-state index in [9.17, 15) is 22.8 Å². The number of carbonyl (C=O) groups is 2. The topological polar surface area (TPSA) is 52.7 Å². The Balaban J connectivity index is 1.89. The maximum Gasteiger partial charge on any atom is 0.416 e. The van der Waals surface area contributed by atoms with Crippen LogP contribution in [0.2, 0.25) is 0 Å². The number of alkyl halides is 3. The van der Waals surface area contributed by atoms with Crippen LogP contribution in [0.3, 0.4) is 0 Å². The lowest BCUT2D eigenvalue weighted by Gasteiger charge is -2.28. The lowest BCUT2D eigenvalue weighted by molar-refractivity contribution is -0.137. The zero-order valence-corrected chi connectivity index (χ0v) is 17.5. The van der Waals surface area contributed by atoms with Gasteiger partial charge in [-0.15, -0.1) is 0 Å². The van der Waals surface area contributed by atoms with Gasteiger partial charge in [0.1, 0.15) is 0 Å². The van der Waals surface area contributed by atoms with Crippen molar-refractivity contribution in [1.82, 2.24) is 9.80 Å². The number of rotatable bonds is 7. The van der Waals surface area contributed by atoms with Gasteiger partial charge in [0, 0.05) is 19.3 Å². The summed E-state index contributed by atoms with van der Waals surface area (Å²) in [6.45, 7) is 3.83. The molecule has 0 spiro atoms. The lowest BCUT2D eigenvalue weighted by Crippen LogP contribution is -2.46. The predicted molar refractivity (Wildman–Crippen MR) is 110 cm³/mol. The number of halogens is 3. The molecule has 8 heteroatoms. The summed E-state index contributed by atoms with van der Waals surface area (Å²) in [6.07, 6.45) is -4.38. The third-order valence-electron chi connectivity index (χ3n) is 4.82. The number of nitrogens with one attached hydrogen (secondary N) is 1. The number of likely N-dealkylation sites (N-methyl/N-ethyl adjacent to an activating group) is 2. The minimum absolute atomic E-state index is 0.106. The summed E-state index contributed by atoms with van der Waals surface area (Å²) in [5.74, 6) is -0.573. The number of nitrogens with zero attached hydrogens (tertiary/aromatic N) is 2. The van der Waals surface area contributed by atoms with Crippen LogP contribution < -0.4 is 5.32 Å². The van der Waals surface area contributed by atoms with Gasteiger partial charge in [-0.1, -0.05) is 29.8 Å². The van der Waals surface area contributed by atoms with Crippen molar-refractivity contribution in [1.29, 1.82) is 0 Å². The molecule has 5 nitrogen and oxygen atoms in total. The molecular formula is C22H26F3N3O2. The third-order valence-corrected chi connectivity index (χ3v) is 4.82. The first-order chi connectivity index (χ1) is 14.0. The average Bonchev–Trinajstić information content (AvgIpc) is 2.68. The SMILES string of the molecule is Cc1ccc(NC(=O)CN(C)C(=O)[C@@H](C)N(C)Cc2ccc(C(F)(F)F)cc2)cc1. The number of amides is 2. The van der Waals surface area contributed by atoms with Crippen LogP contribution in [0, 0.1) is 6.92 Å². The Hall–Kier alpha value is -2.87. The van der Waals surface area contributed by atoms with Crippen LogP contribution in [-0.2, 0) is 22.3 Å². The van der Waals surface area contributed by atoms with Crippen molar-refractivity contribution in [2.24, 2.45) is 0 Å². The molecule has 2 aromatic carbocycles. The highest BCUT2D eigenvalue weighted by molar-refractivity contribution is 5.95. The predicted octanol–water partition coefficient (Wildman–Crippen LogP) is 3.93. The molecule has 0 aliphatic carbocycles. The van der Waals surface area contributed by atoms with E-state index in [4.69, 9.17) is 0 Å². The van der Waals surface area contributed by atoms with Crippen LogP contribution in [0.15, 0.2) is 48.5 Å². The van der Waals surface area contributed by atoms with Crippen molar-refractivity contribution in [2.45, 2.75) is 32.6 Å². The van der Waals surface area contributed by atoms with Crippen molar-refractivity contribution in [3.63, 3.8) is 0 Å². The molecule has 0 aliphatic rings. The van der Waals surface area contributed by atoms with Gasteiger partial charge in [0.05, 0.1) is 18.2 Å². The Labute approximate surface area is 174 Å². The first-order valence-electron chi connectivity index (χ1n) is 9.45. The van der Waals surface area contributed by atoms with Crippen LogP contribution in [0.5, 0.6) is 0 Å². The van der Waals surface area contributed by atoms with E-state index >= 15 is 0 Å². The fourth-order valence-corrected chi connectivity index (χ4v) is 2.86. The van der Waals surface area contributed by atoms with Crippen molar-refractivity contribution in [3.05, 3.63) is 65.2 Å². The Morgan fingerprint density at radius 1 is 1.00 bits per heavy atom. The quantitative estimate of drug-likeness (QED) is 0.737. The van der Waals surface area contributed by atoms with Gasteiger partial charge in [-0.05, 0) is 50.7 Å². The molecule has 0 heterocycles. The van der Waals surface area contributed by atoms with Gasteiger partial charge in [-0.2, -0.15) is 13.2 Å². The van der Waals surface area contributed by atoms with Crippen LogP contribution >= 0.6 is 0 Å². The normalized spacial score (nSPS) is 12.5. The van der Waals surface area contributed by atoms with Gasteiger partial charge in [-0.25, -0.2) is 0 Å². The zero-order chi connectivity index (χ0) is 22.5. The van der Waals surface area contributed by atoms with Gasteiger partial charge < -0.3 is 10.2 Å². The Morgan fingerprint density at radius 2 is 1.57 bits per heavy atom. The van der Waals surface area contributed by atoms with E-state index in [-0.39, 0.29) is 18.4 Å². The first-order valence-corrected chi connectivity index (χ1v) is 9.45. The molecule has 1 atom stereocenters. The van der Waals surface area contributed by atoms with E-state index in [0.717, 1.165) is 17.7 Å². The molecule has 0 bridgehead atoms. The van der Waals surface area contributed by atoms with Gasteiger partial charge in [-0.3, -0.25) is 14.5 Å². The van der Waals surface area contributed by atoms with Gasteiger partial charge >= 0.3 is 6.18 Å². The maximum atomic E-state index is 12.7. The number of aryl methyl sites for hydroxylation is 1. The monoisotopic (exact) mass is 421 g/mol. The van der Waals surface area contributed by atoms with Gasteiger partial charge in [0.2, 0.25) is 11.8 Å². The fourth-order valence-electron chi connectivity index (χ4n) is 2.86. The Bertz CT molecular complexity index is 865. The van der Waals surface area contributed by atoms with E-state index in [1.165, 1.54) is 17.0 Å². The van der Waals surface area contributed by atoms with Crippen molar-refractivity contribution in [2.75, 3.05) is 26.0 Å². The van der Waals surface area contributed by atoms with Crippen molar-refractivity contribution < 1.29 is 22.8 Å². The molecular weight excluding hydrogens is 395 g/mol. The minimum Gasteiger partial charge on any atom is -0.335 e. The average molecular weight is 421 g/mol. The smallest absolute Gasteiger partial charge is 0.335 e. The van der Waals surface area contributed by atoms with Crippen LogP contribution in [-0.4, -0.2) is 48.3 Å². The molecule has 0 saturated heterocycles. The molecule has 0 radical (unpaired) electrons. The summed E-state index contributed by atoms with van der Waals surface area (Å²) >= 11 is 0. The molecule has 0 fully saturated rings. The van der Waals surface area contributed by atoms with E-state index < -0.39 is 17.8 Å². The van der Waals surface area contributed by atoms with Crippen molar-refractivity contribution in [3.8, 4) is 0 Å². The molecule has 2 amide bonds. The Morgan fingerprint density at radius 3 is 2.10 bits per heavy atom. The zero-order valence-electron chi connectivity index (χ0n) is 17.5. The molecule has 2 aromatic rings. The highest BCUT2D eigenvalue weighted by Gasteiger charge is 2.30. The first kappa shape index (κ1) is 23.4. The molecule has 0 aliphatic heterocycles. The molecule has 162 valence electrons. The minimum atomic E-state index is -4.38. The van der Waals surface area contributed by atoms with E-state index in [2.05, 4.69) is 5.32 Å². The molecule has 2 rings (SSSR count). The van der Waals surface area contributed by atoms with Crippen molar-refractivity contribution >= 4 is 17.5 Å². The number of hydrogen-bond acceptors (Lipinski definition) is 3. The summed E-state index contributed by atoms with van der Waals surface area (Å²) in [7, 11) is 3.25. The van der Waals surface area contributed by atoms with E-state index in [0.29, 0.717) is 17.8 Å². The molecule has 0 aromatic heterocycles. The number of anilines is 1. The Kier molecular flexibility index (Phi) is 7.61.